The van der Waals surface area contributed by atoms with Gasteiger partial charge in [0.25, 0.3) is 8.32 Å². The van der Waals surface area contributed by atoms with E-state index in [1.165, 1.54) is 0 Å². The topological polar surface area (TPSA) is 78.9 Å². The van der Waals surface area contributed by atoms with Crippen LogP contribution in [0.4, 0.5) is 0 Å². The Kier molecular flexibility index (Phi) is 12.3. The summed E-state index contributed by atoms with van der Waals surface area (Å²) in [6, 6.07) is 36.0. The molecule has 0 saturated carbocycles. The minimum absolute atomic E-state index is 0.0529. The first kappa shape index (κ1) is 38.0. The SMILES string of the molecule is C=C[C@H](OCc1ccc(OC)cc1)C(C)(C)C(=O)C([C@H](C)CO[Si](c1ccccc1)(c1ccccc1)C(C)(C)C)S(=O)(=O)c1ccccc1. The molecule has 4 rings (SSSR count). The number of ketones is 1. The third-order valence-corrected chi connectivity index (χ3v) is 16.6. The van der Waals surface area contributed by atoms with Crippen molar-refractivity contribution in [3.63, 3.8) is 0 Å². The van der Waals surface area contributed by atoms with Crippen molar-refractivity contribution >= 4 is 34.3 Å². The summed E-state index contributed by atoms with van der Waals surface area (Å²) in [6.07, 6.45) is 0.817. The zero-order valence-corrected chi connectivity index (χ0v) is 31.6. The predicted octanol–water partition coefficient (Wildman–Crippen LogP) is 7.42. The fourth-order valence-electron chi connectivity index (χ4n) is 6.55. The molecule has 0 spiro atoms. The van der Waals surface area contributed by atoms with Gasteiger partial charge in [-0.3, -0.25) is 4.79 Å². The van der Waals surface area contributed by atoms with E-state index in [1.54, 1.807) is 64.3 Å². The molecule has 4 aromatic rings. The Morgan fingerprint density at radius 2 is 1.29 bits per heavy atom. The molecule has 260 valence electrons. The quantitative estimate of drug-likeness (QED) is 0.0896. The first-order chi connectivity index (χ1) is 23.2. The van der Waals surface area contributed by atoms with E-state index in [-0.39, 0.29) is 23.1 Å². The van der Waals surface area contributed by atoms with Crippen LogP contribution in [0.15, 0.2) is 133 Å². The molecule has 0 amide bonds. The second kappa shape index (κ2) is 15.8. The Morgan fingerprint density at radius 3 is 1.73 bits per heavy atom. The van der Waals surface area contributed by atoms with Crippen molar-refractivity contribution < 1.29 is 27.1 Å². The van der Waals surface area contributed by atoms with Crippen LogP contribution in [0.1, 0.15) is 47.1 Å². The highest BCUT2D eigenvalue weighted by atomic mass is 32.2. The number of ether oxygens (including phenoxy) is 2. The summed E-state index contributed by atoms with van der Waals surface area (Å²) in [6.45, 7) is 16.0. The Bertz CT molecular complexity index is 1730. The molecule has 0 saturated heterocycles. The Hall–Kier alpha value is -3.82. The molecule has 0 heterocycles. The second-order valence-corrected chi connectivity index (χ2v) is 20.5. The van der Waals surface area contributed by atoms with Crippen molar-refractivity contribution in [1.29, 1.82) is 0 Å². The van der Waals surface area contributed by atoms with E-state index < -0.39 is 46.6 Å². The third kappa shape index (κ3) is 8.15. The molecule has 0 aliphatic carbocycles. The Morgan fingerprint density at radius 1 is 0.796 bits per heavy atom. The zero-order valence-electron chi connectivity index (χ0n) is 29.8. The zero-order chi connectivity index (χ0) is 35.9. The third-order valence-electron chi connectivity index (χ3n) is 9.31. The van der Waals surface area contributed by atoms with E-state index in [2.05, 4.69) is 51.6 Å². The molecule has 0 fully saturated rings. The molecule has 0 radical (unpaired) electrons. The molecule has 8 heteroatoms. The highest BCUT2D eigenvalue weighted by molar-refractivity contribution is 7.92. The summed E-state index contributed by atoms with van der Waals surface area (Å²) in [7, 11) is -5.56. The lowest BCUT2D eigenvalue weighted by Gasteiger charge is -2.44. The minimum atomic E-state index is -4.15. The summed E-state index contributed by atoms with van der Waals surface area (Å²) in [4.78, 5) is 14.9. The lowest BCUT2D eigenvalue weighted by atomic mass is 9.78. The number of benzene rings is 4. The van der Waals surface area contributed by atoms with Crippen molar-refractivity contribution in [2.24, 2.45) is 11.3 Å². The number of rotatable bonds is 16. The van der Waals surface area contributed by atoms with E-state index in [1.807, 2.05) is 60.7 Å². The van der Waals surface area contributed by atoms with Crippen LogP contribution in [-0.2, 0) is 30.4 Å². The summed E-state index contributed by atoms with van der Waals surface area (Å²) in [5.74, 6) is -0.428. The molecule has 0 bridgehead atoms. The molecule has 4 aromatic carbocycles. The maximum absolute atomic E-state index is 14.8. The van der Waals surface area contributed by atoms with Gasteiger partial charge >= 0.3 is 0 Å². The van der Waals surface area contributed by atoms with Gasteiger partial charge < -0.3 is 13.9 Å². The van der Waals surface area contributed by atoms with Crippen LogP contribution in [0.2, 0.25) is 5.04 Å². The van der Waals surface area contributed by atoms with E-state index in [0.717, 1.165) is 21.7 Å². The number of carbonyl (C=O) groups is 1. The maximum Gasteiger partial charge on any atom is 0.261 e. The number of hydrogen-bond donors (Lipinski definition) is 0. The summed E-state index contributed by atoms with van der Waals surface area (Å²) in [5.41, 5.74) is -0.358. The number of hydrogen-bond acceptors (Lipinski definition) is 6. The van der Waals surface area contributed by atoms with Crippen molar-refractivity contribution in [3.8, 4) is 5.75 Å². The fourth-order valence-corrected chi connectivity index (χ4v) is 13.3. The smallest absolute Gasteiger partial charge is 0.261 e. The average Bonchev–Trinajstić information content (AvgIpc) is 3.09. The maximum atomic E-state index is 14.8. The molecule has 0 aromatic heterocycles. The molecule has 0 aliphatic rings. The summed E-state index contributed by atoms with van der Waals surface area (Å²) in [5, 5.41) is 0.424. The number of carbonyl (C=O) groups excluding carboxylic acids is 1. The van der Waals surface area contributed by atoms with Crippen molar-refractivity contribution in [3.05, 3.63) is 133 Å². The lowest BCUT2D eigenvalue weighted by molar-refractivity contribution is -0.134. The van der Waals surface area contributed by atoms with Crippen LogP contribution < -0.4 is 15.1 Å². The highest BCUT2D eigenvalue weighted by Gasteiger charge is 2.52. The first-order valence-corrected chi connectivity index (χ1v) is 20.1. The minimum Gasteiger partial charge on any atom is -0.497 e. The van der Waals surface area contributed by atoms with Gasteiger partial charge in [0.1, 0.15) is 11.0 Å². The van der Waals surface area contributed by atoms with E-state index in [4.69, 9.17) is 13.9 Å². The van der Waals surface area contributed by atoms with Gasteiger partial charge in [-0.05, 0) is 45.2 Å². The highest BCUT2D eigenvalue weighted by Crippen LogP contribution is 2.39. The van der Waals surface area contributed by atoms with Gasteiger partial charge in [-0.2, -0.15) is 0 Å². The number of sulfone groups is 1. The van der Waals surface area contributed by atoms with Crippen molar-refractivity contribution in [1.82, 2.24) is 0 Å². The van der Waals surface area contributed by atoms with Crippen LogP contribution in [0.3, 0.4) is 0 Å². The first-order valence-electron chi connectivity index (χ1n) is 16.7. The van der Waals surface area contributed by atoms with Gasteiger partial charge in [-0.15, -0.1) is 6.58 Å². The van der Waals surface area contributed by atoms with E-state index >= 15 is 0 Å². The fraction of sp³-hybridized carbons (Fsp3) is 0.341. The summed E-state index contributed by atoms with van der Waals surface area (Å²) >= 11 is 0. The molecule has 1 unspecified atom stereocenters. The number of methoxy groups -OCH3 is 1. The summed E-state index contributed by atoms with van der Waals surface area (Å²) < 4.78 is 47.8. The van der Waals surface area contributed by atoms with Crippen LogP contribution in [0.25, 0.3) is 0 Å². The molecule has 49 heavy (non-hydrogen) atoms. The van der Waals surface area contributed by atoms with E-state index in [9.17, 15) is 13.2 Å². The van der Waals surface area contributed by atoms with E-state index in [0.29, 0.717) is 0 Å². The van der Waals surface area contributed by atoms with Gasteiger partial charge in [0, 0.05) is 12.5 Å². The van der Waals surface area contributed by atoms with Gasteiger partial charge in [0.2, 0.25) is 0 Å². The van der Waals surface area contributed by atoms with Gasteiger partial charge in [-0.1, -0.05) is 139 Å². The Balaban J connectivity index is 1.74. The van der Waals surface area contributed by atoms with Crippen LogP contribution >= 0.6 is 0 Å². The molecular formula is C41H50O6SSi. The number of Topliss-reactive ketones (excluding diaryl/α,β-unsaturated/α-hetero) is 1. The average molecular weight is 699 g/mol. The van der Waals surface area contributed by atoms with Crippen LogP contribution in [-0.4, -0.2) is 47.6 Å². The van der Waals surface area contributed by atoms with Crippen molar-refractivity contribution in [2.75, 3.05) is 13.7 Å². The lowest BCUT2D eigenvalue weighted by Crippen LogP contribution is -2.67. The van der Waals surface area contributed by atoms with Crippen molar-refractivity contribution in [2.45, 2.75) is 69.4 Å². The molecule has 6 nitrogen and oxygen atoms in total. The van der Waals surface area contributed by atoms with Crippen LogP contribution in [0, 0.1) is 11.3 Å². The van der Waals surface area contributed by atoms with Gasteiger partial charge in [-0.25, -0.2) is 8.42 Å². The van der Waals surface area contributed by atoms with Gasteiger partial charge in [0.05, 0.1) is 30.1 Å². The molecule has 0 N–H and O–H groups in total. The predicted molar refractivity (Wildman–Crippen MR) is 201 cm³/mol. The Labute approximate surface area is 294 Å². The largest absolute Gasteiger partial charge is 0.497 e. The molecular weight excluding hydrogens is 649 g/mol. The molecule has 0 aliphatic heterocycles. The van der Waals surface area contributed by atoms with Gasteiger partial charge in [0.15, 0.2) is 15.6 Å². The normalized spacial score (nSPS) is 14.4. The monoisotopic (exact) mass is 698 g/mol. The molecule has 3 atom stereocenters. The standard InChI is InChI=1S/C41H50O6SSi/c1-9-37(46-30-32-25-27-33(45-8)28-26-32)41(6,7)39(42)38(48(43,44)34-19-13-10-14-20-34)31(2)29-47-49(40(3,4)5,35-21-15-11-16-22-35)36-23-17-12-18-24-36/h9-28,31,37-38H,1,29-30H2,2-8H3/t31-,37+,38?/m1/s1. The van der Waals surface area contributed by atoms with Crippen LogP contribution in [0.5, 0.6) is 5.75 Å². The second-order valence-electron chi connectivity index (χ2n) is 14.1.